The average molecular weight is 272 g/mol. The van der Waals surface area contributed by atoms with Gasteiger partial charge in [0.1, 0.15) is 0 Å². The van der Waals surface area contributed by atoms with E-state index in [0.29, 0.717) is 25.4 Å². The summed E-state index contributed by atoms with van der Waals surface area (Å²) in [5.41, 5.74) is 1.07. The van der Waals surface area contributed by atoms with Gasteiger partial charge in [0.25, 0.3) is 0 Å². The standard InChI is InChI=1S/C17H24N2O/c1-4-14(3)16(15-10-7-6-8-11-15)17(20)19(5-2)13-9-12-18/h6-8,10-11,14,16H,4-5,9,13H2,1-3H3. The second kappa shape index (κ2) is 8.37. The summed E-state index contributed by atoms with van der Waals surface area (Å²) in [6, 6.07) is 12.1. The Kier molecular flexibility index (Phi) is 6.79. The number of nitriles is 1. The summed E-state index contributed by atoms with van der Waals surface area (Å²) < 4.78 is 0. The molecule has 2 atom stereocenters. The normalized spacial score (nSPS) is 13.3. The fraction of sp³-hybridized carbons (Fsp3) is 0.529. The topological polar surface area (TPSA) is 44.1 Å². The van der Waals surface area contributed by atoms with Gasteiger partial charge < -0.3 is 4.90 Å². The van der Waals surface area contributed by atoms with Gasteiger partial charge >= 0.3 is 0 Å². The molecule has 3 heteroatoms. The maximum Gasteiger partial charge on any atom is 0.230 e. The molecule has 0 bridgehead atoms. The van der Waals surface area contributed by atoms with Crippen LogP contribution in [0.4, 0.5) is 0 Å². The fourth-order valence-corrected chi connectivity index (χ4v) is 2.42. The van der Waals surface area contributed by atoms with Crippen LogP contribution in [0.25, 0.3) is 0 Å². The third-order valence-electron chi connectivity index (χ3n) is 3.82. The van der Waals surface area contributed by atoms with Crippen molar-refractivity contribution >= 4 is 5.91 Å². The predicted octanol–water partition coefficient (Wildman–Crippen LogP) is 3.58. The first-order valence-electron chi connectivity index (χ1n) is 7.36. The zero-order chi connectivity index (χ0) is 15.0. The van der Waals surface area contributed by atoms with Gasteiger partial charge in [0.2, 0.25) is 5.91 Å². The average Bonchev–Trinajstić information content (AvgIpc) is 2.49. The van der Waals surface area contributed by atoms with Crippen molar-refractivity contribution in [2.45, 2.75) is 39.5 Å². The number of carbonyl (C=O) groups is 1. The predicted molar refractivity (Wildman–Crippen MR) is 81.1 cm³/mol. The minimum atomic E-state index is -0.111. The lowest BCUT2D eigenvalue weighted by Crippen LogP contribution is -2.37. The first-order chi connectivity index (χ1) is 9.65. The van der Waals surface area contributed by atoms with Crippen molar-refractivity contribution in [3.05, 3.63) is 35.9 Å². The third-order valence-corrected chi connectivity index (χ3v) is 3.82. The molecule has 3 nitrogen and oxygen atoms in total. The van der Waals surface area contributed by atoms with Crippen LogP contribution in [0.1, 0.15) is 45.1 Å². The summed E-state index contributed by atoms with van der Waals surface area (Å²) in [4.78, 5) is 14.6. The van der Waals surface area contributed by atoms with E-state index in [-0.39, 0.29) is 11.8 Å². The summed E-state index contributed by atoms with van der Waals surface area (Å²) in [6.45, 7) is 7.37. The molecule has 0 N–H and O–H groups in total. The molecule has 0 aliphatic rings. The summed E-state index contributed by atoms with van der Waals surface area (Å²) in [6.07, 6.45) is 1.35. The molecular formula is C17H24N2O. The van der Waals surface area contributed by atoms with Gasteiger partial charge in [-0.3, -0.25) is 4.79 Å². The largest absolute Gasteiger partial charge is 0.341 e. The molecule has 1 amide bonds. The van der Waals surface area contributed by atoms with E-state index < -0.39 is 0 Å². The van der Waals surface area contributed by atoms with E-state index in [2.05, 4.69) is 19.9 Å². The Hall–Kier alpha value is -1.82. The van der Waals surface area contributed by atoms with Crippen LogP contribution in [0.15, 0.2) is 30.3 Å². The molecule has 0 radical (unpaired) electrons. The highest BCUT2D eigenvalue weighted by Crippen LogP contribution is 2.29. The zero-order valence-corrected chi connectivity index (χ0v) is 12.7. The van der Waals surface area contributed by atoms with Crippen LogP contribution in [0.2, 0.25) is 0 Å². The van der Waals surface area contributed by atoms with Gasteiger partial charge in [-0.05, 0) is 18.4 Å². The summed E-state index contributed by atoms with van der Waals surface area (Å²) in [5.74, 6) is 0.323. The minimum Gasteiger partial charge on any atom is -0.341 e. The summed E-state index contributed by atoms with van der Waals surface area (Å²) >= 11 is 0. The van der Waals surface area contributed by atoms with E-state index in [4.69, 9.17) is 5.26 Å². The van der Waals surface area contributed by atoms with E-state index in [0.717, 1.165) is 12.0 Å². The van der Waals surface area contributed by atoms with Crippen LogP contribution in [-0.4, -0.2) is 23.9 Å². The van der Waals surface area contributed by atoms with E-state index in [1.165, 1.54) is 0 Å². The highest BCUT2D eigenvalue weighted by atomic mass is 16.2. The Labute approximate surface area is 122 Å². The molecule has 20 heavy (non-hydrogen) atoms. The van der Waals surface area contributed by atoms with E-state index >= 15 is 0 Å². The van der Waals surface area contributed by atoms with Gasteiger partial charge in [-0.15, -0.1) is 0 Å². The molecule has 0 fully saturated rings. The number of hydrogen-bond donors (Lipinski definition) is 0. The maximum absolute atomic E-state index is 12.8. The lowest BCUT2D eigenvalue weighted by molar-refractivity contribution is -0.133. The molecule has 1 aromatic rings. The van der Waals surface area contributed by atoms with E-state index in [1.807, 2.05) is 37.3 Å². The number of likely N-dealkylation sites (N-methyl/N-ethyl adjacent to an activating group) is 1. The quantitative estimate of drug-likeness (QED) is 0.761. The van der Waals surface area contributed by atoms with Crippen molar-refractivity contribution in [1.82, 2.24) is 4.90 Å². The van der Waals surface area contributed by atoms with Crippen molar-refractivity contribution in [2.24, 2.45) is 5.92 Å². The number of carbonyl (C=O) groups excluding carboxylic acids is 1. The van der Waals surface area contributed by atoms with Crippen molar-refractivity contribution in [2.75, 3.05) is 13.1 Å². The molecule has 1 rings (SSSR count). The van der Waals surface area contributed by atoms with Gasteiger partial charge in [0.05, 0.1) is 18.4 Å². The van der Waals surface area contributed by atoms with Crippen LogP contribution in [0, 0.1) is 17.2 Å². The molecule has 0 saturated carbocycles. The van der Waals surface area contributed by atoms with Crippen molar-refractivity contribution < 1.29 is 4.79 Å². The highest BCUT2D eigenvalue weighted by molar-refractivity contribution is 5.84. The lowest BCUT2D eigenvalue weighted by Gasteiger charge is -2.29. The van der Waals surface area contributed by atoms with Gasteiger partial charge in [0, 0.05) is 13.1 Å². The Morgan fingerprint density at radius 2 is 1.95 bits per heavy atom. The first kappa shape index (κ1) is 16.2. The second-order valence-electron chi connectivity index (χ2n) is 5.10. The highest BCUT2D eigenvalue weighted by Gasteiger charge is 2.28. The number of hydrogen-bond acceptors (Lipinski definition) is 2. The molecule has 0 saturated heterocycles. The van der Waals surface area contributed by atoms with Crippen LogP contribution in [0.3, 0.4) is 0 Å². The number of amides is 1. The molecule has 0 aliphatic carbocycles. The van der Waals surface area contributed by atoms with Crippen molar-refractivity contribution in [3.8, 4) is 6.07 Å². The smallest absolute Gasteiger partial charge is 0.230 e. The van der Waals surface area contributed by atoms with Gasteiger partial charge in [0.15, 0.2) is 0 Å². The Balaban J connectivity index is 2.99. The second-order valence-corrected chi connectivity index (χ2v) is 5.10. The number of nitrogens with zero attached hydrogens (tertiary/aromatic N) is 2. The number of benzene rings is 1. The zero-order valence-electron chi connectivity index (χ0n) is 12.7. The minimum absolute atomic E-state index is 0.111. The van der Waals surface area contributed by atoms with Crippen LogP contribution in [-0.2, 0) is 4.79 Å². The molecular weight excluding hydrogens is 248 g/mol. The molecule has 2 unspecified atom stereocenters. The van der Waals surface area contributed by atoms with E-state index in [1.54, 1.807) is 4.90 Å². The monoisotopic (exact) mass is 272 g/mol. The van der Waals surface area contributed by atoms with Gasteiger partial charge in [-0.1, -0.05) is 50.6 Å². The summed E-state index contributed by atoms with van der Waals surface area (Å²) in [7, 11) is 0. The molecule has 0 spiro atoms. The van der Waals surface area contributed by atoms with Crippen LogP contribution < -0.4 is 0 Å². The molecule has 1 aromatic carbocycles. The molecule has 0 heterocycles. The lowest BCUT2D eigenvalue weighted by atomic mass is 9.84. The Morgan fingerprint density at radius 1 is 1.30 bits per heavy atom. The Morgan fingerprint density at radius 3 is 2.45 bits per heavy atom. The maximum atomic E-state index is 12.8. The molecule has 0 aliphatic heterocycles. The molecule has 108 valence electrons. The summed E-state index contributed by atoms with van der Waals surface area (Å²) in [5, 5.41) is 8.72. The fourth-order valence-electron chi connectivity index (χ4n) is 2.42. The number of rotatable bonds is 7. The molecule has 0 aromatic heterocycles. The van der Waals surface area contributed by atoms with Crippen molar-refractivity contribution in [1.29, 1.82) is 5.26 Å². The van der Waals surface area contributed by atoms with Gasteiger partial charge in [-0.2, -0.15) is 5.26 Å². The van der Waals surface area contributed by atoms with E-state index in [9.17, 15) is 4.79 Å². The SMILES string of the molecule is CCC(C)C(C(=O)N(CC)CCC#N)c1ccccc1. The first-order valence-corrected chi connectivity index (χ1v) is 7.36. The van der Waals surface area contributed by atoms with Crippen molar-refractivity contribution in [3.63, 3.8) is 0 Å². The Bertz CT molecular complexity index is 450. The van der Waals surface area contributed by atoms with Crippen LogP contribution >= 0.6 is 0 Å². The van der Waals surface area contributed by atoms with Crippen LogP contribution in [0.5, 0.6) is 0 Å². The van der Waals surface area contributed by atoms with Gasteiger partial charge in [-0.25, -0.2) is 0 Å². The third kappa shape index (κ3) is 4.09.